The van der Waals surface area contributed by atoms with Crippen LogP contribution < -0.4 is 16.0 Å². The van der Waals surface area contributed by atoms with E-state index in [1.807, 2.05) is 0 Å². The largest absolute Gasteiger partial charge is 0.339 e. The van der Waals surface area contributed by atoms with E-state index in [1.54, 1.807) is 7.05 Å². The lowest BCUT2D eigenvalue weighted by atomic mass is 10.5. The molecular formula is C7H8N6O2. The molecule has 15 heavy (non-hydrogen) atoms. The average Bonchev–Trinajstić information content (AvgIpc) is 2.66. The van der Waals surface area contributed by atoms with Gasteiger partial charge in [0.05, 0.1) is 6.33 Å². The van der Waals surface area contributed by atoms with E-state index in [4.69, 9.17) is 0 Å². The van der Waals surface area contributed by atoms with Crippen molar-refractivity contribution in [1.29, 1.82) is 0 Å². The lowest BCUT2D eigenvalue weighted by Crippen LogP contribution is -2.35. The van der Waals surface area contributed by atoms with Crippen LogP contribution in [0, 0.1) is 0 Å². The first-order valence-electron chi connectivity index (χ1n) is 4.09. The molecular weight excluding hydrogens is 200 g/mol. The van der Waals surface area contributed by atoms with Gasteiger partial charge in [0.15, 0.2) is 11.2 Å². The van der Waals surface area contributed by atoms with Crippen molar-refractivity contribution < 1.29 is 4.79 Å². The maximum atomic E-state index is 11.5. The second-order valence-electron chi connectivity index (χ2n) is 2.80. The Labute approximate surface area is 83.3 Å². The van der Waals surface area contributed by atoms with Crippen LogP contribution in [0.25, 0.3) is 11.2 Å². The molecule has 0 saturated carbocycles. The lowest BCUT2D eigenvalue weighted by Gasteiger charge is -2.14. The van der Waals surface area contributed by atoms with Crippen molar-refractivity contribution in [3.05, 3.63) is 16.7 Å². The Morgan fingerprint density at radius 1 is 1.60 bits per heavy atom. The molecule has 8 heteroatoms. The van der Waals surface area contributed by atoms with Crippen molar-refractivity contribution in [2.24, 2.45) is 0 Å². The van der Waals surface area contributed by atoms with Crippen molar-refractivity contribution in [2.45, 2.75) is 0 Å². The molecule has 2 aromatic rings. The molecule has 0 aliphatic carbocycles. The summed E-state index contributed by atoms with van der Waals surface area (Å²) in [6.07, 6.45) is 1.86. The van der Waals surface area contributed by atoms with Crippen molar-refractivity contribution in [3.8, 4) is 0 Å². The molecule has 8 nitrogen and oxygen atoms in total. The Bertz CT molecular complexity index is 544. The maximum absolute atomic E-state index is 11.5. The Kier molecular flexibility index (Phi) is 2.08. The number of hydrogen-bond acceptors (Lipinski definition) is 5. The number of carbonyl (C=O) groups is 1. The summed E-state index contributed by atoms with van der Waals surface area (Å²) in [6.45, 7) is 0. The van der Waals surface area contributed by atoms with Crippen molar-refractivity contribution in [2.75, 3.05) is 12.1 Å². The Hall–Kier alpha value is -2.38. The molecule has 0 radical (unpaired) electrons. The van der Waals surface area contributed by atoms with Crippen LogP contribution >= 0.6 is 0 Å². The molecule has 0 aliphatic rings. The zero-order valence-electron chi connectivity index (χ0n) is 7.81. The van der Waals surface area contributed by atoms with Crippen molar-refractivity contribution in [3.63, 3.8) is 0 Å². The number of rotatable bonds is 3. The Morgan fingerprint density at radius 2 is 2.40 bits per heavy atom. The van der Waals surface area contributed by atoms with Gasteiger partial charge in [0.2, 0.25) is 12.4 Å². The van der Waals surface area contributed by atoms with Gasteiger partial charge >= 0.3 is 0 Å². The SMILES string of the molecule is CN(NC=O)c1nc2nc[nH]c2c(=O)[nH]1. The van der Waals surface area contributed by atoms with Gasteiger partial charge in [0.25, 0.3) is 5.56 Å². The predicted octanol–water partition coefficient (Wildman–Crippen LogP) is -1.26. The summed E-state index contributed by atoms with van der Waals surface area (Å²) in [4.78, 5) is 34.7. The molecule has 0 spiro atoms. The van der Waals surface area contributed by atoms with Gasteiger partial charge in [-0.05, 0) is 0 Å². The third-order valence-electron chi connectivity index (χ3n) is 1.85. The highest BCUT2D eigenvalue weighted by molar-refractivity contribution is 5.69. The third kappa shape index (κ3) is 1.52. The minimum Gasteiger partial charge on any atom is -0.339 e. The van der Waals surface area contributed by atoms with Crippen LogP contribution in [0.1, 0.15) is 0 Å². The normalized spacial score (nSPS) is 10.2. The fourth-order valence-corrected chi connectivity index (χ4v) is 1.13. The molecule has 2 heterocycles. The van der Waals surface area contributed by atoms with E-state index in [1.165, 1.54) is 11.3 Å². The number of imidazole rings is 1. The van der Waals surface area contributed by atoms with E-state index < -0.39 is 0 Å². The molecule has 1 amide bonds. The van der Waals surface area contributed by atoms with Crippen LogP contribution in [0.3, 0.4) is 0 Å². The molecule has 2 rings (SSSR count). The second-order valence-corrected chi connectivity index (χ2v) is 2.80. The monoisotopic (exact) mass is 208 g/mol. The van der Waals surface area contributed by atoms with Gasteiger partial charge in [-0.1, -0.05) is 0 Å². The topological polar surface area (TPSA) is 107 Å². The van der Waals surface area contributed by atoms with Crippen LogP contribution in [0.5, 0.6) is 0 Å². The maximum Gasteiger partial charge on any atom is 0.278 e. The quantitative estimate of drug-likeness (QED) is 0.431. The van der Waals surface area contributed by atoms with Crippen LogP contribution in [-0.4, -0.2) is 33.4 Å². The van der Waals surface area contributed by atoms with Gasteiger partial charge in [-0.25, -0.2) is 4.98 Å². The number of anilines is 1. The first-order valence-corrected chi connectivity index (χ1v) is 4.09. The number of hydrazine groups is 1. The highest BCUT2D eigenvalue weighted by atomic mass is 16.1. The van der Waals surface area contributed by atoms with E-state index in [0.29, 0.717) is 17.6 Å². The van der Waals surface area contributed by atoms with Gasteiger partial charge in [0.1, 0.15) is 0 Å². The molecule has 3 N–H and O–H groups in total. The van der Waals surface area contributed by atoms with Crippen LogP contribution in [-0.2, 0) is 4.79 Å². The molecule has 0 unspecified atom stereocenters. The van der Waals surface area contributed by atoms with Gasteiger partial charge in [-0.15, -0.1) is 0 Å². The van der Waals surface area contributed by atoms with Crippen LogP contribution in [0.2, 0.25) is 0 Å². The molecule has 2 aromatic heterocycles. The second kappa shape index (κ2) is 3.40. The summed E-state index contributed by atoms with van der Waals surface area (Å²) in [7, 11) is 1.55. The zero-order valence-corrected chi connectivity index (χ0v) is 7.81. The highest BCUT2D eigenvalue weighted by Crippen LogP contribution is 2.04. The summed E-state index contributed by atoms with van der Waals surface area (Å²) in [5.41, 5.74) is 2.59. The van der Waals surface area contributed by atoms with Gasteiger partial charge in [0, 0.05) is 7.05 Å². The van der Waals surface area contributed by atoms with E-state index in [2.05, 4.69) is 25.4 Å². The average molecular weight is 208 g/mol. The number of nitrogens with one attached hydrogen (secondary N) is 3. The number of nitrogens with zero attached hydrogens (tertiary/aromatic N) is 3. The predicted molar refractivity (Wildman–Crippen MR) is 52.1 cm³/mol. The standard InChI is InChI=1S/C7H8N6O2/c1-13(10-3-14)7-11-5-4(6(15)12-7)8-2-9-5/h2-3H,1H3,(H,10,14)(H2,8,9,11,12,15). The Morgan fingerprint density at radius 3 is 3.13 bits per heavy atom. The summed E-state index contributed by atoms with van der Waals surface area (Å²) in [5.74, 6) is 0.215. The highest BCUT2D eigenvalue weighted by Gasteiger charge is 2.08. The summed E-state index contributed by atoms with van der Waals surface area (Å²) >= 11 is 0. The molecule has 0 aliphatic heterocycles. The number of fused-ring (bicyclic) bond motifs is 1. The number of amides is 1. The van der Waals surface area contributed by atoms with E-state index in [0.717, 1.165) is 0 Å². The minimum atomic E-state index is -0.341. The van der Waals surface area contributed by atoms with E-state index in [-0.39, 0.29) is 11.5 Å². The van der Waals surface area contributed by atoms with E-state index >= 15 is 0 Å². The fraction of sp³-hybridized carbons (Fsp3) is 0.143. The van der Waals surface area contributed by atoms with Crippen LogP contribution in [0.15, 0.2) is 11.1 Å². The van der Waals surface area contributed by atoms with Gasteiger partial charge in [-0.2, -0.15) is 4.98 Å². The first kappa shape index (κ1) is 9.19. The van der Waals surface area contributed by atoms with Crippen LogP contribution in [0.4, 0.5) is 5.95 Å². The minimum absolute atomic E-state index is 0.215. The molecule has 78 valence electrons. The molecule has 0 fully saturated rings. The van der Waals surface area contributed by atoms with Crippen molar-refractivity contribution in [1.82, 2.24) is 25.4 Å². The number of aromatic nitrogens is 4. The summed E-state index contributed by atoms with van der Waals surface area (Å²) in [5, 5.41) is 1.28. The van der Waals surface area contributed by atoms with Gasteiger partial charge < -0.3 is 4.98 Å². The molecule has 0 atom stereocenters. The number of H-pyrrole nitrogens is 2. The third-order valence-corrected chi connectivity index (χ3v) is 1.85. The molecule has 0 aromatic carbocycles. The van der Waals surface area contributed by atoms with Gasteiger partial charge in [-0.3, -0.25) is 25.0 Å². The van der Waals surface area contributed by atoms with Crippen molar-refractivity contribution >= 4 is 23.5 Å². The van der Waals surface area contributed by atoms with E-state index in [9.17, 15) is 9.59 Å². The Balaban J connectivity index is 2.53. The molecule has 0 bridgehead atoms. The number of aromatic amines is 2. The number of hydrogen-bond donors (Lipinski definition) is 3. The fourth-order valence-electron chi connectivity index (χ4n) is 1.13. The smallest absolute Gasteiger partial charge is 0.278 e. The first-order chi connectivity index (χ1) is 7.22. The zero-order chi connectivity index (χ0) is 10.8. The summed E-state index contributed by atoms with van der Waals surface area (Å²) in [6, 6.07) is 0. The number of carbonyl (C=O) groups excluding carboxylic acids is 1. The molecule has 0 saturated heterocycles. The lowest BCUT2D eigenvalue weighted by molar-refractivity contribution is -0.109. The summed E-state index contributed by atoms with van der Waals surface area (Å²) < 4.78 is 0.